The highest BCUT2D eigenvalue weighted by Crippen LogP contribution is 2.32. The van der Waals surface area contributed by atoms with Gasteiger partial charge in [-0.25, -0.2) is 4.98 Å². The number of carbonyl (C=O) groups is 1. The molecule has 0 unspecified atom stereocenters. The van der Waals surface area contributed by atoms with Crippen LogP contribution in [0.1, 0.15) is 24.4 Å². The molecule has 0 aliphatic rings. The molecule has 27 heavy (non-hydrogen) atoms. The van der Waals surface area contributed by atoms with Gasteiger partial charge in [0.2, 0.25) is 5.76 Å². The van der Waals surface area contributed by atoms with Crippen molar-refractivity contribution in [1.29, 1.82) is 0 Å². The van der Waals surface area contributed by atoms with Crippen LogP contribution in [0.3, 0.4) is 0 Å². The molecule has 0 N–H and O–H groups in total. The van der Waals surface area contributed by atoms with Gasteiger partial charge in [0.05, 0.1) is 23.5 Å². The van der Waals surface area contributed by atoms with E-state index in [1.54, 1.807) is 18.1 Å². The molecule has 9 heteroatoms. The molecule has 0 saturated heterocycles. The quantitative estimate of drug-likeness (QED) is 0.563. The minimum absolute atomic E-state index is 0. The van der Waals surface area contributed by atoms with Gasteiger partial charge in [0.25, 0.3) is 5.91 Å². The zero-order valence-corrected chi connectivity index (χ0v) is 17.2. The zero-order chi connectivity index (χ0) is 18.5. The lowest BCUT2D eigenvalue weighted by molar-refractivity contribution is 0.0948. The van der Waals surface area contributed by atoms with Crippen molar-refractivity contribution in [2.24, 2.45) is 0 Å². The van der Waals surface area contributed by atoms with Crippen molar-refractivity contribution in [3.8, 4) is 5.75 Å². The van der Waals surface area contributed by atoms with Crippen LogP contribution in [-0.4, -0.2) is 54.2 Å². The molecule has 0 aliphatic heterocycles. The number of rotatable bonds is 8. The van der Waals surface area contributed by atoms with Crippen molar-refractivity contribution in [3.05, 3.63) is 36.2 Å². The van der Waals surface area contributed by atoms with E-state index in [4.69, 9.17) is 9.26 Å². The molecule has 0 aliphatic carbocycles. The number of aromatic nitrogens is 2. The minimum Gasteiger partial charge on any atom is -0.497 e. The van der Waals surface area contributed by atoms with Gasteiger partial charge in [-0.1, -0.05) is 30.3 Å². The van der Waals surface area contributed by atoms with Gasteiger partial charge >= 0.3 is 0 Å². The van der Waals surface area contributed by atoms with Crippen molar-refractivity contribution >= 4 is 45.0 Å². The second-order valence-electron chi connectivity index (χ2n) is 5.69. The van der Waals surface area contributed by atoms with E-state index in [0.29, 0.717) is 11.7 Å². The van der Waals surface area contributed by atoms with E-state index in [-0.39, 0.29) is 24.1 Å². The summed E-state index contributed by atoms with van der Waals surface area (Å²) in [5.41, 5.74) is 0.837. The molecular formula is C18H23ClN4O3S. The van der Waals surface area contributed by atoms with Crippen LogP contribution in [0.2, 0.25) is 0 Å². The molecule has 0 radical (unpaired) electrons. The third-order valence-corrected chi connectivity index (χ3v) is 5.28. The van der Waals surface area contributed by atoms with Crippen LogP contribution in [0.25, 0.3) is 10.2 Å². The van der Waals surface area contributed by atoms with E-state index in [2.05, 4.69) is 28.9 Å². The first kappa shape index (κ1) is 21.1. The lowest BCUT2D eigenvalue weighted by atomic mass is 10.3. The molecule has 0 atom stereocenters. The standard InChI is InChI=1S/C18H22N4O3S.ClH/c1-4-21(5-2)10-11-22(17(23)15-8-9-19-25-15)18-20-14-7-6-13(24-3)12-16(14)26-18;/h6-9,12H,4-5,10-11H2,1-3H3;1H. The molecule has 1 aromatic carbocycles. The van der Waals surface area contributed by atoms with Crippen LogP contribution in [0.4, 0.5) is 5.13 Å². The maximum Gasteiger partial charge on any atom is 0.298 e. The van der Waals surface area contributed by atoms with Crippen LogP contribution in [-0.2, 0) is 0 Å². The summed E-state index contributed by atoms with van der Waals surface area (Å²) in [6.45, 7) is 7.35. The van der Waals surface area contributed by atoms with E-state index >= 15 is 0 Å². The number of thiazole rings is 1. The largest absolute Gasteiger partial charge is 0.497 e. The molecule has 0 spiro atoms. The molecule has 0 fully saturated rings. The second-order valence-corrected chi connectivity index (χ2v) is 6.70. The van der Waals surface area contributed by atoms with Crippen molar-refractivity contribution < 1.29 is 14.1 Å². The highest BCUT2D eigenvalue weighted by molar-refractivity contribution is 7.22. The Morgan fingerprint density at radius 2 is 2.00 bits per heavy atom. The zero-order valence-electron chi connectivity index (χ0n) is 15.5. The van der Waals surface area contributed by atoms with Crippen LogP contribution >= 0.6 is 23.7 Å². The fourth-order valence-corrected chi connectivity index (χ4v) is 3.68. The van der Waals surface area contributed by atoms with E-state index < -0.39 is 0 Å². The number of hydrogen-bond acceptors (Lipinski definition) is 7. The number of halogens is 1. The Hall–Kier alpha value is -2.16. The number of fused-ring (bicyclic) bond motifs is 1. The summed E-state index contributed by atoms with van der Waals surface area (Å²) in [5.74, 6) is 0.742. The number of anilines is 1. The molecule has 2 heterocycles. The highest BCUT2D eigenvalue weighted by Gasteiger charge is 2.24. The van der Waals surface area contributed by atoms with Crippen molar-refractivity contribution in [3.63, 3.8) is 0 Å². The Balaban J connectivity index is 0.00000261. The third kappa shape index (κ3) is 4.77. The highest BCUT2D eigenvalue weighted by atomic mass is 35.5. The Morgan fingerprint density at radius 1 is 1.22 bits per heavy atom. The summed E-state index contributed by atoms with van der Waals surface area (Å²) in [6, 6.07) is 7.26. The van der Waals surface area contributed by atoms with Crippen molar-refractivity contribution in [2.75, 3.05) is 38.2 Å². The monoisotopic (exact) mass is 410 g/mol. The number of likely N-dealkylation sites (N-methyl/N-ethyl adjacent to an activating group) is 1. The van der Waals surface area contributed by atoms with Crippen LogP contribution in [0.5, 0.6) is 5.75 Å². The van der Waals surface area contributed by atoms with Gasteiger partial charge in [0, 0.05) is 19.2 Å². The number of methoxy groups -OCH3 is 1. The second kappa shape index (κ2) is 9.68. The topological polar surface area (TPSA) is 71.7 Å². The fraction of sp³-hybridized carbons (Fsp3) is 0.389. The summed E-state index contributed by atoms with van der Waals surface area (Å²) in [5, 5.41) is 4.29. The van der Waals surface area contributed by atoms with Crippen molar-refractivity contribution in [2.45, 2.75) is 13.8 Å². The number of ether oxygens (including phenoxy) is 1. The van der Waals surface area contributed by atoms with Gasteiger partial charge in [-0.15, -0.1) is 12.4 Å². The number of hydrogen-bond donors (Lipinski definition) is 0. The van der Waals surface area contributed by atoms with Crippen LogP contribution < -0.4 is 9.64 Å². The van der Waals surface area contributed by atoms with Crippen molar-refractivity contribution in [1.82, 2.24) is 15.0 Å². The third-order valence-electron chi connectivity index (χ3n) is 4.24. The maximum absolute atomic E-state index is 12.9. The molecular weight excluding hydrogens is 388 g/mol. The van der Waals surface area contributed by atoms with E-state index in [0.717, 1.165) is 35.6 Å². The van der Waals surface area contributed by atoms with E-state index in [1.165, 1.54) is 17.5 Å². The molecule has 1 amide bonds. The molecule has 2 aromatic heterocycles. The molecule has 0 saturated carbocycles. The number of benzene rings is 1. The maximum atomic E-state index is 12.9. The fourth-order valence-electron chi connectivity index (χ4n) is 2.66. The average Bonchev–Trinajstić information content (AvgIpc) is 3.33. The first-order valence-corrected chi connectivity index (χ1v) is 9.37. The number of nitrogens with zero attached hydrogens (tertiary/aromatic N) is 4. The van der Waals surface area contributed by atoms with Gasteiger partial charge in [-0.2, -0.15) is 0 Å². The summed E-state index contributed by atoms with van der Waals surface area (Å²) < 4.78 is 11.3. The molecule has 7 nitrogen and oxygen atoms in total. The Kier molecular flexibility index (Phi) is 7.58. The summed E-state index contributed by atoms with van der Waals surface area (Å²) in [4.78, 5) is 21.5. The summed E-state index contributed by atoms with van der Waals surface area (Å²) >= 11 is 1.46. The Labute approximate surface area is 168 Å². The smallest absolute Gasteiger partial charge is 0.298 e. The first-order chi connectivity index (χ1) is 12.7. The minimum atomic E-state index is -0.235. The van der Waals surface area contributed by atoms with Gasteiger partial charge in [0.1, 0.15) is 5.75 Å². The van der Waals surface area contributed by atoms with E-state index in [9.17, 15) is 4.79 Å². The van der Waals surface area contributed by atoms with Gasteiger partial charge < -0.3 is 14.2 Å². The summed E-state index contributed by atoms with van der Waals surface area (Å²) in [6.07, 6.45) is 1.47. The molecule has 0 bridgehead atoms. The molecule has 3 aromatic rings. The summed E-state index contributed by atoms with van der Waals surface area (Å²) in [7, 11) is 1.63. The average molecular weight is 411 g/mol. The predicted molar refractivity (Wildman–Crippen MR) is 109 cm³/mol. The lowest BCUT2D eigenvalue weighted by Gasteiger charge is -2.23. The Bertz CT molecular complexity index is 865. The SMILES string of the molecule is CCN(CC)CCN(C(=O)c1ccno1)c1nc2ccc(OC)cc2s1.Cl. The molecule has 3 rings (SSSR count). The van der Waals surface area contributed by atoms with Gasteiger partial charge in [0.15, 0.2) is 5.13 Å². The van der Waals surface area contributed by atoms with Gasteiger partial charge in [-0.3, -0.25) is 9.69 Å². The van der Waals surface area contributed by atoms with Crippen LogP contribution in [0, 0.1) is 0 Å². The Morgan fingerprint density at radius 3 is 2.63 bits per heavy atom. The number of carbonyl (C=O) groups excluding carboxylic acids is 1. The van der Waals surface area contributed by atoms with E-state index in [1.807, 2.05) is 18.2 Å². The predicted octanol–water partition coefficient (Wildman–Crippen LogP) is 3.70. The van der Waals surface area contributed by atoms with Gasteiger partial charge in [-0.05, 0) is 31.3 Å². The van der Waals surface area contributed by atoms with Crippen LogP contribution in [0.15, 0.2) is 35.0 Å². The number of amides is 1. The first-order valence-electron chi connectivity index (χ1n) is 8.55. The lowest BCUT2D eigenvalue weighted by Crippen LogP contribution is -2.38. The molecule has 146 valence electrons. The normalized spacial score (nSPS) is 10.8.